The van der Waals surface area contributed by atoms with E-state index in [1.54, 1.807) is 0 Å². The molecule has 0 radical (unpaired) electrons. The first kappa shape index (κ1) is 14.8. The second-order valence-corrected chi connectivity index (χ2v) is 6.53. The third-order valence-corrected chi connectivity index (χ3v) is 4.37. The number of ether oxygens (including phenoxy) is 1. The summed E-state index contributed by atoms with van der Waals surface area (Å²) in [7, 11) is -3.93. The van der Waals surface area contributed by atoms with Crippen molar-refractivity contribution in [1.82, 2.24) is 0 Å². The van der Waals surface area contributed by atoms with Gasteiger partial charge in [-0.25, -0.2) is 18.4 Å². The zero-order valence-electron chi connectivity index (χ0n) is 10.9. The Labute approximate surface area is 117 Å². The van der Waals surface area contributed by atoms with Crippen molar-refractivity contribution in [2.45, 2.75) is 30.6 Å². The van der Waals surface area contributed by atoms with Crippen molar-refractivity contribution in [1.29, 1.82) is 0 Å². The largest absolute Gasteiger partial charge is 0.492 e. The molecule has 1 aromatic carbocycles. The fourth-order valence-corrected chi connectivity index (χ4v) is 2.90. The average molecular weight is 299 g/mol. The van der Waals surface area contributed by atoms with Gasteiger partial charge in [-0.15, -0.1) is 0 Å². The highest BCUT2D eigenvalue weighted by atomic mass is 32.2. The van der Waals surface area contributed by atoms with Crippen molar-refractivity contribution < 1.29 is 23.1 Å². The number of aromatic carboxylic acids is 1. The Morgan fingerprint density at radius 2 is 2.00 bits per heavy atom. The topological polar surface area (TPSA) is 107 Å². The number of sulfonamides is 1. The number of benzene rings is 1. The van der Waals surface area contributed by atoms with Crippen molar-refractivity contribution in [3.63, 3.8) is 0 Å². The van der Waals surface area contributed by atoms with Gasteiger partial charge in [0, 0.05) is 0 Å². The van der Waals surface area contributed by atoms with E-state index in [0.717, 1.165) is 18.9 Å². The zero-order valence-corrected chi connectivity index (χ0v) is 11.7. The van der Waals surface area contributed by atoms with Gasteiger partial charge in [-0.3, -0.25) is 0 Å². The van der Waals surface area contributed by atoms with Crippen molar-refractivity contribution >= 4 is 16.0 Å². The average Bonchev–Trinajstić information content (AvgIpc) is 2.88. The maximum Gasteiger partial charge on any atom is 0.339 e. The van der Waals surface area contributed by atoms with Crippen LogP contribution in [0.25, 0.3) is 0 Å². The van der Waals surface area contributed by atoms with Gasteiger partial charge in [0.15, 0.2) is 0 Å². The number of carboxylic acids is 1. The van der Waals surface area contributed by atoms with Crippen molar-refractivity contribution in [2.75, 3.05) is 6.61 Å². The number of carboxylic acid groups (broad SMARTS) is 1. The Balaban J connectivity index is 2.21. The first-order valence-corrected chi connectivity index (χ1v) is 7.95. The van der Waals surface area contributed by atoms with Crippen LogP contribution in [0.5, 0.6) is 5.75 Å². The highest BCUT2D eigenvalue weighted by Gasteiger charge is 2.20. The summed E-state index contributed by atoms with van der Waals surface area (Å²) >= 11 is 0. The van der Waals surface area contributed by atoms with E-state index >= 15 is 0 Å². The van der Waals surface area contributed by atoms with Gasteiger partial charge in [0.05, 0.1) is 11.5 Å². The smallest absolute Gasteiger partial charge is 0.339 e. The molecule has 110 valence electrons. The Bertz CT molecular complexity index is 605. The number of hydrogen-bond donors (Lipinski definition) is 2. The molecule has 6 nitrogen and oxygen atoms in total. The molecular weight excluding hydrogens is 282 g/mol. The van der Waals surface area contributed by atoms with Crippen molar-refractivity contribution in [3.05, 3.63) is 23.8 Å². The Kier molecular flexibility index (Phi) is 4.29. The molecular formula is C13H17NO5S. The van der Waals surface area contributed by atoms with E-state index in [0.29, 0.717) is 12.5 Å². The van der Waals surface area contributed by atoms with Gasteiger partial charge in [-0.05, 0) is 37.0 Å². The summed E-state index contributed by atoms with van der Waals surface area (Å²) in [5, 5.41) is 14.1. The van der Waals surface area contributed by atoms with Crippen LogP contribution in [0.15, 0.2) is 23.1 Å². The lowest BCUT2D eigenvalue weighted by molar-refractivity contribution is 0.0691. The molecule has 1 aliphatic rings. The molecule has 0 aliphatic heterocycles. The SMILES string of the molecule is NS(=O)(=O)c1ccc(OCC2CCCC2)c(C(=O)O)c1. The number of nitrogens with two attached hydrogens (primary N) is 1. The molecule has 1 aliphatic carbocycles. The molecule has 1 fully saturated rings. The van der Waals surface area contributed by atoms with Gasteiger partial charge in [0.2, 0.25) is 10.0 Å². The van der Waals surface area contributed by atoms with E-state index in [4.69, 9.17) is 15.0 Å². The molecule has 20 heavy (non-hydrogen) atoms. The van der Waals surface area contributed by atoms with Crippen LogP contribution in [-0.2, 0) is 10.0 Å². The molecule has 0 saturated heterocycles. The summed E-state index contributed by atoms with van der Waals surface area (Å²) in [5.74, 6) is -0.622. The molecule has 0 amide bonds. The fraction of sp³-hybridized carbons (Fsp3) is 0.462. The van der Waals surface area contributed by atoms with Gasteiger partial charge in [0.1, 0.15) is 11.3 Å². The Morgan fingerprint density at radius 3 is 2.55 bits per heavy atom. The van der Waals surface area contributed by atoms with Crippen LogP contribution >= 0.6 is 0 Å². The number of primary sulfonamides is 1. The van der Waals surface area contributed by atoms with Gasteiger partial charge < -0.3 is 9.84 Å². The Hall–Kier alpha value is -1.60. The summed E-state index contributed by atoms with van der Waals surface area (Å²) in [5.41, 5.74) is -0.186. The lowest BCUT2D eigenvalue weighted by Gasteiger charge is -2.13. The van der Waals surface area contributed by atoms with Crippen LogP contribution in [0.2, 0.25) is 0 Å². The van der Waals surface area contributed by atoms with E-state index in [2.05, 4.69) is 0 Å². The van der Waals surface area contributed by atoms with Crippen LogP contribution in [0.4, 0.5) is 0 Å². The summed E-state index contributed by atoms with van der Waals surface area (Å²) in [6, 6.07) is 3.63. The van der Waals surface area contributed by atoms with Crippen molar-refractivity contribution in [3.8, 4) is 5.75 Å². The second kappa shape index (κ2) is 5.80. The summed E-state index contributed by atoms with van der Waals surface area (Å²) in [6.45, 7) is 0.453. The maximum atomic E-state index is 11.2. The first-order valence-electron chi connectivity index (χ1n) is 6.41. The second-order valence-electron chi connectivity index (χ2n) is 4.97. The molecule has 3 N–H and O–H groups in total. The van der Waals surface area contributed by atoms with Crippen LogP contribution in [0.1, 0.15) is 36.0 Å². The third-order valence-electron chi connectivity index (χ3n) is 3.46. The van der Waals surface area contributed by atoms with Crippen LogP contribution in [-0.4, -0.2) is 26.1 Å². The minimum Gasteiger partial charge on any atom is -0.492 e. The van der Waals surface area contributed by atoms with Crippen LogP contribution < -0.4 is 9.88 Å². The van der Waals surface area contributed by atoms with Gasteiger partial charge in [-0.2, -0.15) is 0 Å². The predicted octanol–water partition coefficient (Wildman–Crippen LogP) is 1.60. The maximum absolute atomic E-state index is 11.2. The molecule has 0 atom stereocenters. The minimum absolute atomic E-state index is 0.178. The highest BCUT2D eigenvalue weighted by Crippen LogP contribution is 2.27. The first-order chi connectivity index (χ1) is 9.38. The monoisotopic (exact) mass is 299 g/mol. The van der Waals surface area contributed by atoms with Gasteiger partial charge >= 0.3 is 5.97 Å². The number of carbonyl (C=O) groups is 1. The van der Waals surface area contributed by atoms with Gasteiger partial charge in [-0.1, -0.05) is 12.8 Å². The lowest BCUT2D eigenvalue weighted by Crippen LogP contribution is -2.15. The standard InChI is InChI=1S/C13H17NO5S/c14-20(17,18)10-5-6-12(11(7-10)13(15)16)19-8-9-3-1-2-4-9/h5-7,9H,1-4,8H2,(H,15,16)(H2,14,17,18). The summed E-state index contributed by atoms with van der Waals surface area (Å²) < 4.78 is 28.0. The normalized spacial score (nSPS) is 16.2. The molecule has 0 aromatic heterocycles. The molecule has 7 heteroatoms. The molecule has 0 bridgehead atoms. The molecule has 0 spiro atoms. The quantitative estimate of drug-likeness (QED) is 0.858. The lowest BCUT2D eigenvalue weighted by atomic mass is 10.1. The molecule has 2 rings (SSSR count). The van der Waals surface area contributed by atoms with E-state index in [1.807, 2.05) is 0 Å². The molecule has 0 unspecified atom stereocenters. The fourth-order valence-electron chi connectivity index (χ4n) is 2.36. The summed E-state index contributed by atoms with van der Waals surface area (Å²) in [4.78, 5) is 10.9. The zero-order chi connectivity index (χ0) is 14.8. The van der Waals surface area contributed by atoms with Crippen molar-refractivity contribution in [2.24, 2.45) is 11.1 Å². The van der Waals surface area contributed by atoms with Crippen LogP contribution in [0, 0.1) is 5.92 Å². The highest BCUT2D eigenvalue weighted by molar-refractivity contribution is 7.89. The Morgan fingerprint density at radius 1 is 1.35 bits per heavy atom. The van der Waals surface area contributed by atoms with E-state index in [-0.39, 0.29) is 16.2 Å². The van der Waals surface area contributed by atoms with E-state index in [1.165, 1.54) is 25.0 Å². The van der Waals surface area contributed by atoms with E-state index in [9.17, 15) is 13.2 Å². The number of hydrogen-bond acceptors (Lipinski definition) is 4. The summed E-state index contributed by atoms with van der Waals surface area (Å²) in [6.07, 6.45) is 4.50. The van der Waals surface area contributed by atoms with Crippen LogP contribution in [0.3, 0.4) is 0 Å². The number of rotatable bonds is 5. The molecule has 1 saturated carbocycles. The molecule has 1 aromatic rings. The predicted molar refractivity (Wildman–Crippen MR) is 72.2 cm³/mol. The molecule has 0 heterocycles. The third kappa shape index (κ3) is 3.49. The van der Waals surface area contributed by atoms with Gasteiger partial charge in [0.25, 0.3) is 0 Å². The van der Waals surface area contributed by atoms with E-state index < -0.39 is 16.0 Å². The minimum atomic E-state index is -3.93.